The Balaban J connectivity index is 1.70. The van der Waals surface area contributed by atoms with Crippen molar-refractivity contribution in [1.82, 2.24) is 14.9 Å². The lowest BCUT2D eigenvalue weighted by atomic mass is 10.0. The summed E-state index contributed by atoms with van der Waals surface area (Å²) in [7, 11) is 0. The second-order valence-electron chi connectivity index (χ2n) is 8.57. The molecule has 0 atom stereocenters. The van der Waals surface area contributed by atoms with Gasteiger partial charge in [-0.1, -0.05) is 56.3 Å². The molecule has 1 aliphatic heterocycles. The summed E-state index contributed by atoms with van der Waals surface area (Å²) in [5.41, 5.74) is 3.81. The molecule has 2 heterocycles. The van der Waals surface area contributed by atoms with Gasteiger partial charge in [0.05, 0.1) is 0 Å². The molecule has 0 bridgehead atoms. The molecule has 1 aromatic heterocycles. The second-order valence-corrected chi connectivity index (χ2v) is 8.57. The smallest absolute Gasteiger partial charge is 0.225 e. The van der Waals surface area contributed by atoms with E-state index in [1.165, 1.54) is 17.7 Å². The standard InChI is InChI=1S/C26H29FN4O/c1-18(2)26(32)31-14-12-30(13-15-31)25-23(16-20-8-5-4-6-9-20)19(3)28-24(29-25)21-10-7-11-22(27)17-21/h4-11,17-18H,12-16H2,1-3H3. The largest absolute Gasteiger partial charge is 0.353 e. The van der Waals surface area contributed by atoms with Crippen molar-refractivity contribution in [3.8, 4) is 11.4 Å². The molecule has 0 saturated carbocycles. The van der Waals surface area contributed by atoms with Crippen molar-refractivity contribution in [3.63, 3.8) is 0 Å². The molecule has 4 rings (SSSR count). The van der Waals surface area contributed by atoms with Crippen molar-refractivity contribution in [2.75, 3.05) is 31.1 Å². The summed E-state index contributed by atoms with van der Waals surface area (Å²) in [6.45, 7) is 8.61. The zero-order chi connectivity index (χ0) is 22.7. The Morgan fingerprint density at radius 2 is 1.72 bits per heavy atom. The molecule has 32 heavy (non-hydrogen) atoms. The lowest BCUT2D eigenvalue weighted by Gasteiger charge is -2.37. The molecule has 0 unspecified atom stereocenters. The maximum absolute atomic E-state index is 13.9. The fourth-order valence-electron chi connectivity index (χ4n) is 4.11. The van der Waals surface area contributed by atoms with Crippen LogP contribution in [0.25, 0.3) is 11.4 Å². The number of anilines is 1. The average Bonchev–Trinajstić information content (AvgIpc) is 2.80. The van der Waals surface area contributed by atoms with E-state index in [2.05, 4.69) is 17.0 Å². The molecular formula is C26H29FN4O. The van der Waals surface area contributed by atoms with Gasteiger partial charge in [-0.3, -0.25) is 4.79 Å². The van der Waals surface area contributed by atoms with Crippen LogP contribution in [-0.4, -0.2) is 47.0 Å². The molecule has 1 fully saturated rings. The Bertz CT molecular complexity index is 1090. The molecule has 1 amide bonds. The van der Waals surface area contributed by atoms with Crippen molar-refractivity contribution in [2.45, 2.75) is 27.2 Å². The fraction of sp³-hybridized carbons (Fsp3) is 0.346. The first-order chi connectivity index (χ1) is 15.4. The van der Waals surface area contributed by atoms with Crippen LogP contribution in [0.4, 0.5) is 10.2 Å². The number of benzene rings is 2. The predicted octanol–water partition coefficient (Wildman–Crippen LogP) is 4.49. The highest BCUT2D eigenvalue weighted by Gasteiger charge is 2.26. The third-order valence-electron chi connectivity index (χ3n) is 5.88. The number of nitrogens with zero attached hydrogens (tertiary/aromatic N) is 4. The summed E-state index contributed by atoms with van der Waals surface area (Å²) < 4.78 is 13.9. The van der Waals surface area contributed by atoms with Gasteiger partial charge in [0.25, 0.3) is 0 Å². The molecule has 0 aliphatic carbocycles. The third kappa shape index (κ3) is 4.79. The summed E-state index contributed by atoms with van der Waals surface area (Å²) in [5, 5.41) is 0. The summed E-state index contributed by atoms with van der Waals surface area (Å²) in [6.07, 6.45) is 0.719. The molecule has 6 heteroatoms. The van der Waals surface area contributed by atoms with Crippen molar-refractivity contribution >= 4 is 11.7 Å². The molecule has 0 radical (unpaired) electrons. The van der Waals surface area contributed by atoms with Crippen LogP contribution in [0.1, 0.15) is 30.7 Å². The summed E-state index contributed by atoms with van der Waals surface area (Å²) in [4.78, 5) is 26.2. The number of amides is 1. The highest BCUT2D eigenvalue weighted by atomic mass is 19.1. The van der Waals surface area contributed by atoms with E-state index in [1.807, 2.05) is 49.9 Å². The van der Waals surface area contributed by atoms with E-state index in [0.717, 1.165) is 23.5 Å². The van der Waals surface area contributed by atoms with Crippen LogP contribution >= 0.6 is 0 Å². The summed E-state index contributed by atoms with van der Waals surface area (Å²) in [5.74, 6) is 1.27. The number of carbonyl (C=O) groups is 1. The quantitative estimate of drug-likeness (QED) is 0.596. The highest BCUT2D eigenvalue weighted by Crippen LogP contribution is 2.28. The first-order valence-corrected chi connectivity index (χ1v) is 11.1. The Morgan fingerprint density at radius 1 is 1.00 bits per heavy atom. The van der Waals surface area contributed by atoms with Crippen LogP contribution in [0.5, 0.6) is 0 Å². The van der Waals surface area contributed by atoms with E-state index in [1.54, 1.807) is 6.07 Å². The zero-order valence-corrected chi connectivity index (χ0v) is 18.9. The Labute approximate surface area is 188 Å². The lowest BCUT2D eigenvalue weighted by molar-refractivity contribution is -0.134. The lowest BCUT2D eigenvalue weighted by Crippen LogP contribution is -2.50. The molecule has 0 spiro atoms. The molecule has 3 aromatic rings. The average molecular weight is 433 g/mol. The summed E-state index contributed by atoms with van der Waals surface area (Å²) in [6, 6.07) is 16.7. The van der Waals surface area contributed by atoms with Gasteiger partial charge in [-0.15, -0.1) is 0 Å². The maximum Gasteiger partial charge on any atom is 0.225 e. The predicted molar refractivity (Wildman–Crippen MR) is 125 cm³/mol. The summed E-state index contributed by atoms with van der Waals surface area (Å²) >= 11 is 0. The number of hydrogen-bond acceptors (Lipinski definition) is 4. The van der Waals surface area contributed by atoms with E-state index in [-0.39, 0.29) is 17.6 Å². The second kappa shape index (κ2) is 9.47. The normalized spacial score (nSPS) is 14.2. The number of aryl methyl sites for hydroxylation is 1. The number of halogens is 1. The van der Waals surface area contributed by atoms with Gasteiger partial charge >= 0.3 is 0 Å². The van der Waals surface area contributed by atoms with Gasteiger partial charge < -0.3 is 9.80 Å². The van der Waals surface area contributed by atoms with Crippen LogP contribution in [-0.2, 0) is 11.2 Å². The van der Waals surface area contributed by atoms with Gasteiger partial charge in [-0.05, 0) is 24.6 Å². The van der Waals surface area contributed by atoms with Crippen molar-refractivity contribution in [3.05, 3.63) is 77.2 Å². The SMILES string of the molecule is Cc1nc(-c2cccc(F)c2)nc(N2CCN(C(=O)C(C)C)CC2)c1Cc1ccccc1. The zero-order valence-electron chi connectivity index (χ0n) is 18.9. The van der Waals surface area contributed by atoms with Crippen LogP contribution in [0.15, 0.2) is 54.6 Å². The van der Waals surface area contributed by atoms with Crippen LogP contribution in [0, 0.1) is 18.7 Å². The van der Waals surface area contributed by atoms with Crippen LogP contribution < -0.4 is 4.90 Å². The van der Waals surface area contributed by atoms with Crippen molar-refractivity contribution < 1.29 is 9.18 Å². The minimum absolute atomic E-state index is 0.00364. The number of hydrogen-bond donors (Lipinski definition) is 0. The Morgan fingerprint density at radius 3 is 2.38 bits per heavy atom. The molecular weight excluding hydrogens is 403 g/mol. The van der Waals surface area contributed by atoms with Gasteiger partial charge in [0.15, 0.2) is 5.82 Å². The Kier molecular flexibility index (Phi) is 6.49. The van der Waals surface area contributed by atoms with Gasteiger partial charge in [0.1, 0.15) is 11.6 Å². The monoisotopic (exact) mass is 432 g/mol. The van der Waals surface area contributed by atoms with Crippen LogP contribution in [0.2, 0.25) is 0 Å². The topological polar surface area (TPSA) is 49.3 Å². The van der Waals surface area contributed by atoms with E-state index in [0.29, 0.717) is 37.6 Å². The molecule has 5 nitrogen and oxygen atoms in total. The molecule has 2 aromatic carbocycles. The van der Waals surface area contributed by atoms with E-state index in [9.17, 15) is 9.18 Å². The first-order valence-electron chi connectivity index (χ1n) is 11.1. The van der Waals surface area contributed by atoms with E-state index >= 15 is 0 Å². The van der Waals surface area contributed by atoms with Gasteiger partial charge in [0.2, 0.25) is 5.91 Å². The Hall–Kier alpha value is -3.28. The van der Waals surface area contributed by atoms with Gasteiger partial charge in [-0.25, -0.2) is 14.4 Å². The van der Waals surface area contributed by atoms with E-state index in [4.69, 9.17) is 9.97 Å². The van der Waals surface area contributed by atoms with Crippen LogP contribution in [0.3, 0.4) is 0 Å². The number of rotatable bonds is 5. The minimum atomic E-state index is -0.306. The number of carbonyl (C=O) groups excluding carboxylic acids is 1. The molecule has 166 valence electrons. The third-order valence-corrected chi connectivity index (χ3v) is 5.88. The van der Waals surface area contributed by atoms with E-state index < -0.39 is 0 Å². The fourth-order valence-corrected chi connectivity index (χ4v) is 4.11. The highest BCUT2D eigenvalue weighted by molar-refractivity contribution is 5.78. The minimum Gasteiger partial charge on any atom is -0.353 e. The molecule has 0 N–H and O–H groups in total. The van der Waals surface area contributed by atoms with Crippen molar-refractivity contribution in [1.29, 1.82) is 0 Å². The van der Waals surface area contributed by atoms with Gasteiger partial charge in [-0.2, -0.15) is 0 Å². The van der Waals surface area contributed by atoms with Crippen molar-refractivity contribution in [2.24, 2.45) is 5.92 Å². The molecule has 1 aliphatic rings. The number of piperazine rings is 1. The first kappa shape index (κ1) is 21.9. The molecule has 1 saturated heterocycles. The number of aromatic nitrogens is 2. The maximum atomic E-state index is 13.9. The van der Waals surface area contributed by atoms with Gasteiger partial charge in [0, 0.05) is 55.3 Å².